The maximum atomic E-state index is 12.6. The fourth-order valence-corrected chi connectivity index (χ4v) is 5.33. The number of hydrogen-bond donors (Lipinski definition) is 1. The second kappa shape index (κ2) is 9.24. The van der Waals surface area contributed by atoms with Gasteiger partial charge in [-0.3, -0.25) is 4.79 Å². The largest absolute Gasteiger partial charge is 0.355 e. The molecule has 0 radical (unpaired) electrons. The molecule has 7 heteroatoms. The van der Waals surface area contributed by atoms with E-state index in [0.29, 0.717) is 32.5 Å². The standard InChI is InChI=1S/C19H30N2O3S2/c1-19(2,3)25-14-11-20-18(22)17-9-12-21(13-10-17)26(23,24)15-16-7-5-4-6-8-16/h4-8,17H,9-15H2,1-3H3,(H,20,22). The van der Waals surface area contributed by atoms with Gasteiger partial charge in [-0.1, -0.05) is 51.1 Å². The highest BCUT2D eigenvalue weighted by Crippen LogP contribution is 2.23. The predicted molar refractivity (Wildman–Crippen MR) is 109 cm³/mol. The van der Waals surface area contributed by atoms with Crippen molar-refractivity contribution >= 4 is 27.7 Å². The summed E-state index contributed by atoms with van der Waals surface area (Å²) in [4.78, 5) is 12.3. The molecule has 0 unspecified atom stereocenters. The Morgan fingerprint density at radius 1 is 1.19 bits per heavy atom. The van der Waals surface area contributed by atoms with Crippen molar-refractivity contribution in [2.75, 3.05) is 25.4 Å². The van der Waals surface area contributed by atoms with E-state index in [4.69, 9.17) is 0 Å². The quantitative estimate of drug-likeness (QED) is 0.717. The van der Waals surface area contributed by atoms with E-state index in [1.807, 2.05) is 42.1 Å². The molecule has 1 aliphatic heterocycles. The van der Waals surface area contributed by atoms with Crippen molar-refractivity contribution in [3.63, 3.8) is 0 Å². The highest BCUT2D eigenvalue weighted by molar-refractivity contribution is 8.00. The molecule has 146 valence electrons. The van der Waals surface area contributed by atoms with Crippen LogP contribution in [0.2, 0.25) is 0 Å². The first-order chi connectivity index (χ1) is 12.2. The number of piperidine rings is 1. The Morgan fingerprint density at radius 2 is 1.81 bits per heavy atom. The summed E-state index contributed by atoms with van der Waals surface area (Å²) in [6, 6.07) is 9.22. The number of carbonyl (C=O) groups is 1. The first-order valence-corrected chi connectivity index (χ1v) is 11.7. The van der Waals surface area contributed by atoms with Gasteiger partial charge in [0.2, 0.25) is 15.9 Å². The summed E-state index contributed by atoms with van der Waals surface area (Å²) in [5.74, 6) is 0.881. The highest BCUT2D eigenvalue weighted by Gasteiger charge is 2.31. The van der Waals surface area contributed by atoms with Crippen LogP contribution in [0.3, 0.4) is 0 Å². The summed E-state index contributed by atoms with van der Waals surface area (Å²) in [5, 5.41) is 2.99. The minimum atomic E-state index is -3.32. The third-order valence-corrected chi connectivity index (χ3v) is 7.47. The van der Waals surface area contributed by atoms with Gasteiger partial charge in [0.25, 0.3) is 0 Å². The Bertz CT molecular complexity index is 676. The summed E-state index contributed by atoms with van der Waals surface area (Å²) >= 11 is 1.82. The number of sulfonamides is 1. The minimum Gasteiger partial charge on any atom is -0.355 e. The molecule has 0 saturated carbocycles. The molecule has 1 saturated heterocycles. The van der Waals surface area contributed by atoms with Crippen LogP contribution >= 0.6 is 11.8 Å². The van der Waals surface area contributed by atoms with Gasteiger partial charge in [0.1, 0.15) is 0 Å². The van der Waals surface area contributed by atoms with Gasteiger partial charge in [0.05, 0.1) is 5.75 Å². The Morgan fingerprint density at radius 3 is 2.38 bits per heavy atom. The van der Waals surface area contributed by atoms with Gasteiger partial charge in [-0.05, 0) is 18.4 Å². The smallest absolute Gasteiger partial charge is 0.223 e. The molecule has 0 atom stereocenters. The van der Waals surface area contributed by atoms with Crippen LogP contribution in [0.15, 0.2) is 30.3 Å². The Hall–Kier alpha value is -1.05. The van der Waals surface area contributed by atoms with Crippen LogP contribution in [0.1, 0.15) is 39.2 Å². The summed E-state index contributed by atoms with van der Waals surface area (Å²) in [7, 11) is -3.32. The molecular weight excluding hydrogens is 368 g/mol. The number of hydrogen-bond acceptors (Lipinski definition) is 4. The maximum absolute atomic E-state index is 12.6. The number of rotatable bonds is 7. The van der Waals surface area contributed by atoms with Crippen LogP contribution in [0, 0.1) is 5.92 Å². The molecule has 0 bridgehead atoms. The molecular formula is C19H30N2O3S2. The molecule has 1 fully saturated rings. The molecule has 1 aromatic rings. The molecule has 26 heavy (non-hydrogen) atoms. The average molecular weight is 399 g/mol. The topological polar surface area (TPSA) is 66.5 Å². The predicted octanol–water partition coefficient (Wildman–Crippen LogP) is 2.88. The van der Waals surface area contributed by atoms with Crippen molar-refractivity contribution in [3.8, 4) is 0 Å². The van der Waals surface area contributed by atoms with Crippen molar-refractivity contribution in [2.24, 2.45) is 5.92 Å². The summed E-state index contributed by atoms with van der Waals surface area (Å²) in [6.07, 6.45) is 1.18. The Balaban J connectivity index is 1.76. The van der Waals surface area contributed by atoms with Gasteiger partial charge in [0.15, 0.2) is 0 Å². The van der Waals surface area contributed by atoms with Gasteiger partial charge in [0, 0.05) is 36.1 Å². The van der Waals surface area contributed by atoms with Crippen LogP contribution < -0.4 is 5.32 Å². The van der Waals surface area contributed by atoms with Crippen molar-refractivity contribution in [2.45, 2.75) is 44.1 Å². The molecule has 1 aliphatic rings. The van der Waals surface area contributed by atoms with Gasteiger partial charge < -0.3 is 5.32 Å². The lowest BCUT2D eigenvalue weighted by Gasteiger charge is -2.30. The monoisotopic (exact) mass is 398 g/mol. The number of benzene rings is 1. The van der Waals surface area contributed by atoms with Gasteiger partial charge in [-0.15, -0.1) is 0 Å². The third-order valence-electron chi connectivity index (χ3n) is 4.35. The van der Waals surface area contributed by atoms with Crippen molar-refractivity contribution < 1.29 is 13.2 Å². The van der Waals surface area contributed by atoms with E-state index < -0.39 is 10.0 Å². The fourth-order valence-electron chi connectivity index (χ4n) is 2.95. The molecule has 0 aliphatic carbocycles. The number of thioether (sulfide) groups is 1. The molecule has 1 amide bonds. The lowest BCUT2D eigenvalue weighted by Crippen LogP contribution is -2.43. The van der Waals surface area contributed by atoms with Crippen LogP contribution in [0.4, 0.5) is 0 Å². The average Bonchev–Trinajstić information content (AvgIpc) is 2.58. The zero-order valence-electron chi connectivity index (χ0n) is 15.9. The van der Waals surface area contributed by atoms with E-state index in [9.17, 15) is 13.2 Å². The van der Waals surface area contributed by atoms with Crippen LogP contribution in [0.25, 0.3) is 0 Å². The number of nitrogens with one attached hydrogen (secondary N) is 1. The Labute approximate surface area is 162 Å². The molecule has 2 rings (SSSR count). The maximum Gasteiger partial charge on any atom is 0.223 e. The van der Waals surface area contributed by atoms with Crippen molar-refractivity contribution in [3.05, 3.63) is 35.9 Å². The number of nitrogens with zero attached hydrogens (tertiary/aromatic N) is 1. The lowest BCUT2D eigenvalue weighted by molar-refractivity contribution is -0.125. The van der Waals surface area contributed by atoms with E-state index in [2.05, 4.69) is 26.1 Å². The van der Waals surface area contributed by atoms with E-state index in [-0.39, 0.29) is 22.3 Å². The minimum absolute atomic E-state index is 0.0225. The molecule has 5 nitrogen and oxygen atoms in total. The first kappa shape index (κ1) is 21.3. The van der Waals surface area contributed by atoms with E-state index in [1.165, 1.54) is 4.31 Å². The first-order valence-electron chi connectivity index (χ1n) is 9.11. The number of amides is 1. The summed E-state index contributed by atoms with van der Waals surface area (Å²) in [5.41, 5.74) is 0.795. The molecule has 1 N–H and O–H groups in total. The molecule has 0 spiro atoms. The fraction of sp³-hybridized carbons (Fsp3) is 0.632. The normalized spacial score (nSPS) is 17.2. The zero-order valence-corrected chi connectivity index (χ0v) is 17.5. The third kappa shape index (κ3) is 6.93. The SMILES string of the molecule is CC(C)(C)SCCNC(=O)C1CCN(S(=O)(=O)Cc2ccccc2)CC1. The van der Waals surface area contributed by atoms with Gasteiger partial charge >= 0.3 is 0 Å². The van der Waals surface area contributed by atoms with Crippen molar-refractivity contribution in [1.29, 1.82) is 0 Å². The zero-order chi connectivity index (χ0) is 19.2. The summed E-state index contributed by atoms with van der Waals surface area (Å²) < 4.78 is 26.8. The van der Waals surface area contributed by atoms with Crippen molar-refractivity contribution in [1.82, 2.24) is 9.62 Å². The second-order valence-corrected chi connectivity index (χ2v) is 11.6. The van der Waals surface area contributed by atoms with E-state index in [0.717, 1.165) is 11.3 Å². The van der Waals surface area contributed by atoms with E-state index in [1.54, 1.807) is 0 Å². The lowest BCUT2D eigenvalue weighted by atomic mass is 9.97. The molecule has 1 heterocycles. The van der Waals surface area contributed by atoms with E-state index >= 15 is 0 Å². The van der Waals surface area contributed by atoms with Gasteiger partial charge in [-0.2, -0.15) is 11.8 Å². The van der Waals surface area contributed by atoms with Crippen LogP contribution in [-0.2, 0) is 20.6 Å². The molecule has 1 aromatic carbocycles. The van der Waals surface area contributed by atoms with Gasteiger partial charge in [-0.25, -0.2) is 12.7 Å². The van der Waals surface area contributed by atoms with Crippen LogP contribution in [0.5, 0.6) is 0 Å². The highest BCUT2D eigenvalue weighted by atomic mass is 32.2. The molecule has 0 aromatic heterocycles. The summed E-state index contributed by atoms with van der Waals surface area (Å²) in [6.45, 7) is 7.97. The second-order valence-electron chi connectivity index (χ2n) is 7.67. The Kier molecular flexibility index (Phi) is 7.55. The number of carbonyl (C=O) groups excluding carboxylic acids is 1. The van der Waals surface area contributed by atoms with Crippen LogP contribution in [-0.4, -0.2) is 48.8 Å².